The summed E-state index contributed by atoms with van der Waals surface area (Å²) in [5.74, 6) is 0.126. The van der Waals surface area contributed by atoms with Crippen LogP contribution in [0.25, 0.3) is 11.0 Å². The zero-order valence-electron chi connectivity index (χ0n) is 18.3. The van der Waals surface area contributed by atoms with E-state index in [4.69, 9.17) is 11.6 Å². The number of sulfonamides is 1. The number of carbonyl (C=O) groups excluding carboxylic acids is 1. The molecule has 1 heterocycles. The molecule has 9 heteroatoms. The molecule has 0 radical (unpaired) electrons. The van der Waals surface area contributed by atoms with Crippen molar-refractivity contribution in [2.24, 2.45) is 0 Å². The lowest BCUT2D eigenvalue weighted by Crippen LogP contribution is -2.24. The Morgan fingerprint density at radius 2 is 1.88 bits per heavy atom. The molecule has 0 aliphatic rings. The van der Waals surface area contributed by atoms with Crippen molar-refractivity contribution in [3.63, 3.8) is 0 Å². The molecule has 2 aromatic carbocycles. The first-order chi connectivity index (χ1) is 15.4. The van der Waals surface area contributed by atoms with E-state index >= 15 is 0 Å². The number of carbonyl (C=O) groups is 1. The molecule has 6 nitrogen and oxygen atoms in total. The molecule has 0 unspecified atom stereocenters. The van der Waals surface area contributed by atoms with E-state index in [-0.39, 0.29) is 16.4 Å². The lowest BCUT2D eigenvalue weighted by molar-refractivity contribution is 0.102. The lowest BCUT2D eigenvalue weighted by Gasteiger charge is -2.09. The molecule has 0 bridgehead atoms. The average molecular weight is 494 g/mol. The van der Waals surface area contributed by atoms with Crippen LogP contribution in [-0.2, 0) is 16.6 Å². The highest BCUT2D eigenvalue weighted by Crippen LogP contribution is 2.28. The number of nitrogens with zero attached hydrogens (tertiary/aromatic N) is 2. The summed E-state index contributed by atoms with van der Waals surface area (Å²) in [4.78, 5) is 17.5. The Kier molecular flexibility index (Phi) is 8.76. The monoisotopic (exact) mass is 493 g/mol. The largest absolute Gasteiger partial charge is 0.319 e. The number of rotatable bonds is 12. The molecule has 172 valence electrons. The van der Waals surface area contributed by atoms with Gasteiger partial charge in [0.05, 0.1) is 26.7 Å². The summed E-state index contributed by atoms with van der Waals surface area (Å²) in [6.45, 7) is 5.28. The molecule has 0 spiro atoms. The van der Waals surface area contributed by atoms with Crippen LogP contribution in [0.2, 0.25) is 5.02 Å². The van der Waals surface area contributed by atoms with E-state index in [0.29, 0.717) is 27.8 Å². The number of halogens is 1. The number of nitrogens with one attached hydrogen (secondary N) is 1. The highest BCUT2D eigenvalue weighted by Gasteiger charge is 2.19. The van der Waals surface area contributed by atoms with E-state index in [1.54, 1.807) is 42.5 Å². The summed E-state index contributed by atoms with van der Waals surface area (Å²) in [6.07, 6.45) is 3.66. The van der Waals surface area contributed by atoms with Crippen LogP contribution in [0.4, 0.5) is 0 Å². The van der Waals surface area contributed by atoms with Gasteiger partial charge in [0.2, 0.25) is 10.0 Å². The molecule has 0 fully saturated rings. The second kappa shape index (κ2) is 11.3. The van der Waals surface area contributed by atoms with Gasteiger partial charge >= 0.3 is 0 Å². The van der Waals surface area contributed by atoms with Crippen molar-refractivity contribution in [3.8, 4) is 0 Å². The van der Waals surface area contributed by atoms with Gasteiger partial charge in [-0.05, 0) is 43.2 Å². The minimum atomic E-state index is -3.59. The number of aromatic nitrogens is 2. The van der Waals surface area contributed by atoms with Crippen molar-refractivity contribution in [3.05, 3.63) is 53.1 Å². The number of hydrogen-bond donors (Lipinski definition) is 1. The third-order valence-corrected chi connectivity index (χ3v) is 7.82. The van der Waals surface area contributed by atoms with Gasteiger partial charge in [-0.2, -0.15) is 0 Å². The van der Waals surface area contributed by atoms with Crippen LogP contribution >= 0.6 is 23.4 Å². The molecule has 0 aliphatic carbocycles. The Morgan fingerprint density at radius 3 is 2.59 bits per heavy atom. The maximum atomic E-state index is 12.7. The van der Waals surface area contributed by atoms with Crippen molar-refractivity contribution >= 4 is 50.2 Å². The minimum Gasteiger partial charge on any atom is -0.319 e. The van der Waals surface area contributed by atoms with Gasteiger partial charge in [0.15, 0.2) is 10.9 Å². The summed E-state index contributed by atoms with van der Waals surface area (Å²) >= 11 is 7.50. The second-order valence-corrected chi connectivity index (χ2v) is 10.6. The quantitative estimate of drug-likeness (QED) is 0.203. The Morgan fingerprint density at radius 1 is 1.12 bits per heavy atom. The van der Waals surface area contributed by atoms with Crippen LogP contribution < -0.4 is 4.72 Å². The van der Waals surface area contributed by atoms with Crippen LogP contribution in [0.5, 0.6) is 0 Å². The lowest BCUT2D eigenvalue weighted by atomic mass is 10.1. The zero-order chi connectivity index (χ0) is 23.1. The first-order valence-corrected chi connectivity index (χ1v) is 13.6. The molecule has 0 saturated heterocycles. The van der Waals surface area contributed by atoms with Crippen molar-refractivity contribution in [2.45, 2.75) is 56.1 Å². The van der Waals surface area contributed by atoms with Crippen LogP contribution in [-0.4, -0.2) is 36.0 Å². The van der Waals surface area contributed by atoms with Gasteiger partial charge in [0.25, 0.3) is 0 Å². The second-order valence-electron chi connectivity index (χ2n) is 7.49. The fourth-order valence-corrected chi connectivity index (χ4v) is 5.52. The molecule has 1 aromatic heterocycles. The Labute approximate surface area is 198 Å². The van der Waals surface area contributed by atoms with Crippen molar-refractivity contribution in [1.82, 2.24) is 14.3 Å². The summed E-state index contributed by atoms with van der Waals surface area (Å²) in [6, 6.07) is 12.0. The van der Waals surface area contributed by atoms with Crippen LogP contribution in [0.1, 0.15) is 49.9 Å². The van der Waals surface area contributed by atoms with Crippen LogP contribution in [0.15, 0.2) is 52.5 Å². The average Bonchev–Trinajstić information content (AvgIpc) is 3.13. The fourth-order valence-electron chi connectivity index (χ4n) is 3.26. The van der Waals surface area contributed by atoms with Gasteiger partial charge in [-0.25, -0.2) is 18.1 Å². The Balaban J connectivity index is 1.87. The molecule has 3 aromatic rings. The SMILES string of the molecule is CCCCNS(=O)(=O)c1ccc2c(c1)nc(SCC(=O)c1ccccc1Cl)n2CCCC. The van der Waals surface area contributed by atoms with E-state index in [1.807, 2.05) is 6.92 Å². The van der Waals surface area contributed by atoms with E-state index in [2.05, 4.69) is 21.2 Å². The van der Waals surface area contributed by atoms with Crippen LogP contribution in [0.3, 0.4) is 0 Å². The normalized spacial score (nSPS) is 11.8. The first kappa shape index (κ1) is 24.8. The molecular formula is C23H28ClN3O3S2. The summed E-state index contributed by atoms with van der Waals surface area (Å²) in [5.41, 5.74) is 1.95. The number of hydrogen-bond acceptors (Lipinski definition) is 5. The van der Waals surface area contributed by atoms with Gasteiger partial charge in [-0.15, -0.1) is 0 Å². The first-order valence-electron chi connectivity index (χ1n) is 10.8. The topological polar surface area (TPSA) is 81.1 Å². The third kappa shape index (κ3) is 5.92. The van der Waals surface area contributed by atoms with Gasteiger partial charge in [0.1, 0.15) is 0 Å². The standard InChI is InChI=1S/C23H28ClN3O3S2/c1-3-5-13-25-32(29,30)17-11-12-21-20(15-17)26-23(27(21)14-6-4-2)31-16-22(28)18-9-7-8-10-19(18)24/h7-12,15,25H,3-6,13-14,16H2,1-2H3. The van der Waals surface area contributed by atoms with E-state index in [1.165, 1.54) is 11.8 Å². The molecule has 3 rings (SSSR count). The van der Waals surface area contributed by atoms with Crippen molar-refractivity contribution in [2.75, 3.05) is 12.3 Å². The number of fused-ring (bicyclic) bond motifs is 1. The maximum absolute atomic E-state index is 12.7. The van der Waals surface area contributed by atoms with Gasteiger partial charge in [0, 0.05) is 18.7 Å². The van der Waals surface area contributed by atoms with Crippen molar-refractivity contribution < 1.29 is 13.2 Å². The Hall–Kier alpha value is -1.87. The summed E-state index contributed by atoms with van der Waals surface area (Å²) in [5, 5.41) is 1.13. The number of Topliss-reactive ketones (excluding diaryl/α,β-unsaturated/α-hetero) is 1. The molecule has 0 atom stereocenters. The molecule has 0 aliphatic heterocycles. The molecule has 32 heavy (non-hydrogen) atoms. The highest BCUT2D eigenvalue weighted by atomic mass is 35.5. The Bertz CT molecular complexity index is 1190. The number of imidazole rings is 1. The zero-order valence-corrected chi connectivity index (χ0v) is 20.7. The number of thioether (sulfide) groups is 1. The molecule has 0 amide bonds. The van der Waals surface area contributed by atoms with Gasteiger partial charge in [-0.3, -0.25) is 4.79 Å². The van der Waals surface area contributed by atoms with E-state index in [0.717, 1.165) is 37.7 Å². The molecule has 1 N–H and O–H groups in total. The number of ketones is 1. The number of aryl methyl sites for hydroxylation is 1. The predicted octanol–water partition coefficient (Wildman–Crippen LogP) is 5.54. The minimum absolute atomic E-state index is 0.0712. The number of benzene rings is 2. The molecular weight excluding hydrogens is 466 g/mol. The number of unbranched alkanes of at least 4 members (excludes halogenated alkanes) is 2. The van der Waals surface area contributed by atoms with Gasteiger partial charge in [-0.1, -0.05) is 62.2 Å². The summed E-state index contributed by atoms with van der Waals surface area (Å²) in [7, 11) is -3.59. The van der Waals surface area contributed by atoms with Crippen molar-refractivity contribution in [1.29, 1.82) is 0 Å². The maximum Gasteiger partial charge on any atom is 0.240 e. The predicted molar refractivity (Wildman–Crippen MR) is 131 cm³/mol. The molecule has 0 saturated carbocycles. The van der Waals surface area contributed by atoms with E-state index < -0.39 is 10.0 Å². The van der Waals surface area contributed by atoms with E-state index in [9.17, 15) is 13.2 Å². The fraction of sp³-hybridized carbons (Fsp3) is 0.391. The van der Waals surface area contributed by atoms with Crippen LogP contribution in [0, 0.1) is 0 Å². The highest BCUT2D eigenvalue weighted by molar-refractivity contribution is 7.99. The summed E-state index contributed by atoms with van der Waals surface area (Å²) < 4.78 is 29.9. The third-order valence-electron chi connectivity index (χ3n) is 5.06. The smallest absolute Gasteiger partial charge is 0.240 e. The van der Waals surface area contributed by atoms with Gasteiger partial charge < -0.3 is 4.57 Å².